The number of benzene rings is 1. The zero-order valence-corrected chi connectivity index (χ0v) is 8.21. The van der Waals surface area contributed by atoms with E-state index in [4.69, 9.17) is 0 Å². The molecule has 5 nitrogen and oxygen atoms in total. The first-order chi connectivity index (χ1) is 7.70. The minimum absolute atomic E-state index is 0.293. The molecule has 5 heteroatoms. The third-order valence-corrected chi connectivity index (χ3v) is 2.08. The molecule has 2 aromatic rings. The van der Waals surface area contributed by atoms with E-state index in [0.717, 1.165) is 6.07 Å². The molecule has 0 bridgehead atoms. The summed E-state index contributed by atoms with van der Waals surface area (Å²) in [7, 11) is 0. The summed E-state index contributed by atoms with van der Waals surface area (Å²) < 4.78 is 0.565. The van der Waals surface area contributed by atoms with Gasteiger partial charge < -0.3 is 4.98 Å². The van der Waals surface area contributed by atoms with E-state index in [2.05, 4.69) is 4.98 Å². The summed E-state index contributed by atoms with van der Waals surface area (Å²) in [6.07, 6.45) is 1.21. The van der Waals surface area contributed by atoms with Crippen molar-refractivity contribution in [3.05, 3.63) is 69.0 Å². The number of rotatable bonds is 1. The standard InChI is InChI=1S/C11H8N2O3/c14-9-6-7-12-11(16)13(9)10(15)8-4-2-1-3-5-8/h1-7H,(H,12,16). The highest BCUT2D eigenvalue weighted by molar-refractivity contribution is 5.95. The van der Waals surface area contributed by atoms with Gasteiger partial charge in [0.05, 0.1) is 0 Å². The van der Waals surface area contributed by atoms with Crippen molar-refractivity contribution in [3.63, 3.8) is 0 Å². The van der Waals surface area contributed by atoms with Crippen LogP contribution in [0.3, 0.4) is 0 Å². The molecule has 0 amide bonds. The molecule has 1 aromatic heterocycles. The molecule has 1 aromatic carbocycles. The molecule has 0 fully saturated rings. The summed E-state index contributed by atoms with van der Waals surface area (Å²) in [5, 5.41) is 0. The Morgan fingerprint density at radius 1 is 1.06 bits per heavy atom. The van der Waals surface area contributed by atoms with E-state index < -0.39 is 17.2 Å². The van der Waals surface area contributed by atoms with Gasteiger partial charge in [-0.1, -0.05) is 18.2 Å². The van der Waals surface area contributed by atoms with Gasteiger partial charge >= 0.3 is 5.69 Å². The highest BCUT2D eigenvalue weighted by atomic mass is 16.2. The quantitative estimate of drug-likeness (QED) is 0.741. The monoisotopic (exact) mass is 216 g/mol. The van der Waals surface area contributed by atoms with Crippen molar-refractivity contribution in [1.82, 2.24) is 9.55 Å². The molecular formula is C11H8N2O3. The lowest BCUT2D eigenvalue weighted by atomic mass is 10.2. The average Bonchev–Trinajstić information content (AvgIpc) is 2.30. The highest BCUT2D eigenvalue weighted by Gasteiger charge is 2.11. The van der Waals surface area contributed by atoms with Crippen molar-refractivity contribution < 1.29 is 4.79 Å². The van der Waals surface area contributed by atoms with Crippen molar-refractivity contribution in [1.29, 1.82) is 0 Å². The van der Waals surface area contributed by atoms with Gasteiger partial charge in [0.15, 0.2) is 0 Å². The van der Waals surface area contributed by atoms with Gasteiger partial charge in [-0.15, -0.1) is 0 Å². The molecule has 1 N–H and O–H groups in total. The van der Waals surface area contributed by atoms with Crippen molar-refractivity contribution in [2.24, 2.45) is 0 Å². The van der Waals surface area contributed by atoms with E-state index in [-0.39, 0.29) is 0 Å². The number of hydrogen-bond donors (Lipinski definition) is 1. The van der Waals surface area contributed by atoms with Gasteiger partial charge in [-0.3, -0.25) is 9.59 Å². The molecule has 0 saturated carbocycles. The first-order valence-corrected chi connectivity index (χ1v) is 4.60. The van der Waals surface area contributed by atoms with E-state index >= 15 is 0 Å². The third-order valence-electron chi connectivity index (χ3n) is 2.08. The highest BCUT2D eigenvalue weighted by Crippen LogP contribution is 1.98. The number of H-pyrrole nitrogens is 1. The lowest BCUT2D eigenvalue weighted by Gasteiger charge is -2.01. The fraction of sp³-hybridized carbons (Fsp3) is 0. The first-order valence-electron chi connectivity index (χ1n) is 4.60. The first kappa shape index (κ1) is 10.1. The van der Waals surface area contributed by atoms with Gasteiger partial charge in [-0.25, -0.2) is 4.79 Å². The minimum atomic E-state index is -0.735. The van der Waals surface area contributed by atoms with Crippen LogP contribution < -0.4 is 11.2 Å². The number of carbonyl (C=O) groups is 1. The van der Waals surface area contributed by atoms with Crippen LogP contribution in [0.2, 0.25) is 0 Å². The molecule has 0 saturated heterocycles. The van der Waals surface area contributed by atoms with Gasteiger partial charge in [-0.05, 0) is 12.1 Å². The molecule has 0 atom stereocenters. The van der Waals surface area contributed by atoms with Gasteiger partial charge in [0.25, 0.3) is 11.5 Å². The molecule has 16 heavy (non-hydrogen) atoms. The van der Waals surface area contributed by atoms with Gasteiger partial charge in [-0.2, -0.15) is 4.57 Å². The number of hydrogen-bond acceptors (Lipinski definition) is 3. The van der Waals surface area contributed by atoms with Crippen LogP contribution in [0.5, 0.6) is 0 Å². The molecular weight excluding hydrogens is 208 g/mol. The summed E-state index contributed by atoms with van der Waals surface area (Å²) in [5.74, 6) is -0.632. The van der Waals surface area contributed by atoms with Crippen LogP contribution in [-0.4, -0.2) is 15.5 Å². The zero-order valence-electron chi connectivity index (χ0n) is 8.21. The second kappa shape index (κ2) is 3.98. The van der Waals surface area contributed by atoms with Crippen molar-refractivity contribution in [3.8, 4) is 0 Å². The number of aromatic amines is 1. The van der Waals surface area contributed by atoms with Gasteiger partial charge in [0, 0.05) is 17.8 Å². The summed E-state index contributed by atoms with van der Waals surface area (Å²) in [5.41, 5.74) is -1.08. The second-order valence-electron chi connectivity index (χ2n) is 3.13. The molecule has 80 valence electrons. The minimum Gasteiger partial charge on any atom is -0.314 e. The van der Waals surface area contributed by atoms with Gasteiger partial charge in [0.1, 0.15) is 0 Å². The fourth-order valence-electron chi connectivity index (χ4n) is 1.33. The van der Waals surface area contributed by atoms with Crippen molar-refractivity contribution in [2.45, 2.75) is 0 Å². The fourth-order valence-corrected chi connectivity index (χ4v) is 1.33. The van der Waals surface area contributed by atoms with Crippen molar-refractivity contribution in [2.75, 3.05) is 0 Å². The maximum absolute atomic E-state index is 11.8. The van der Waals surface area contributed by atoms with Crippen LogP contribution in [-0.2, 0) is 0 Å². The normalized spacial score (nSPS) is 10.0. The molecule has 0 unspecified atom stereocenters. The van der Waals surface area contributed by atoms with Crippen LogP contribution in [0.4, 0.5) is 0 Å². The Kier molecular flexibility index (Phi) is 2.51. The van der Waals surface area contributed by atoms with Crippen LogP contribution in [0.25, 0.3) is 0 Å². The molecule has 1 heterocycles. The van der Waals surface area contributed by atoms with Gasteiger partial charge in [0.2, 0.25) is 0 Å². The topological polar surface area (TPSA) is 71.9 Å². The predicted molar refractivity (Wildman–Crippen MR) is 57.5 cm³/mol. The van der Waals surface area contributed by atoms with E-state index in [9.17, 15) is 14.4 Å². The van der Waals surface area contributed by atoms with Crippen LogP contribution in [0.1, 0.15) is 10.4 Å². The molecule has 0 radical (unpaired) electrons. The Morgan fingerprint density at radius 2 is 1.75 bits per heavy atom. The van der Waals surface area contributed by atoms with E-state index in [1.165, 1.54) is 6.20 Å². The largest absolute Gasteiger partial charge is 0.335 e. The van der Waals surface area contributed by atoms with Crippen molar-refractivity contribution >= 4 is 5.91 Å². The Morgan fingerprint density at radius 3 is 2.38 bits per heavy atom. The lowest BCUT2D eigenvalue weighted by Crippen LogP contribution is -2.39. The molecule has 0 aliphatic carbocycles. The summed E-state index contributed by atoms with van der Waals surface area (Å²) >= 11 is 0. The Bertz CT molecular complexity index is 597. The van der Waals surface area contributed by atoms with E-state index in [1.807, 2.05) is 0 Å². The third kappa shape index (κ3) is 1.70. The molecule has 0 spiro atoms. The summed E-state index contributed by atoms with van der Waals surface area (Å²) in [6.45, 7) is 0. The predicted octanol–water partition coefficient (Wildman–Crippen LogP) is 0.225. The smallest absolute Gasteiger partial charge is 0.314 e. The molecule has 0 aliphatic heterocycles. The SMILES string of the molecule is O=C(c1ccccc1)n1c(=O)cc[nH]c1=O. The zero-order chi connectivity index (χ0) is 11.5. The summed E-state index contributed by atoms with van der Waals surface area (Å²) in [6, 6.07) is 9.28. The Balaban J connectivity index is 2.59. The van der Waals surface area contributed by atoms with Crippen LogP contribution in [0.15, 0.2) is 52.2 Å². The molecule has 2 rings (SSSR count). The van der Waals surface area contributed by atoms with E-state index in [1.54, 1.807) is 30.3 Å². The number of carbonyl (C=O) groups excluding carboxylic acids is 1. The number of nitrogens with one attached hydrogen (secondary N) is 1. The number of nitrogens with zero attached hydrogens (tertiary/aromatic N) is 1. The van der Waals surface area contributed by atoms with E-state index in [0.29, 0.717) is 10.1 Å². The lowest BCUT2D eigenvalue weighted by molar-refractivity contribution is 0.0950. The molecule has 0 aliphatic rings. The second-order valence-corrected chi connectivity index (χ2v) is 3.13. The maximum Gasteiger partial charge on any atom is 0.335 e. The van der Waals surface area contributed by atoms with Crippen LogP contribution >= 0.6 is 0 Å². The number of aromatic nitrogens is 2. The maximum atomic E-state index is 11.8. The van der Waals surface area contributed by atoms with Crippen LogP contribution in [0, 0.1) is 0 Å². The summed E-state index contributed by atoms with van der Waals surface area (Å²) in [4.78, 5) is 36.8. The Hall–Kier alpha value is -2.43. The average molecular weight is 216 g/mol. The Labute approximate surface area is 90.0 Å².